The maximum Gasteiger partial charge on any atom is 0.230 e. The van der Waals surface area contributed by atoms with Crippen LogP contribution >= 0.6 is 11.3 Å². The number of carbonyl (C=O) groups excluding carboxylic acids is 1. The number of anilines is 1. The third-order valence-electron chi connectivity index (χ3n) is 4.67. The number of hydrogen-bond donors (Lipinski definition) is 1. The highest BCUT2D eigenvalue weighted by Gasteiger charge is 2.19. The molecule has 4 rings (SSSR count). The van der Waals surface area contributed by atoms with Gasteiger partial charge in [-0.2, -0.15) is 0 Å². The molecule has 0 atom stereocenters. The first-order valence-corrected chi connectivity index (χ1v) is 10.3. The molecule has 1 amide bonds. The molecule has 3 aromatic rings. The van der Waals surface area contributed by atoms with Crippen LogP contribution in [-0.2, 0) is 22.5 Å². The van der Waals surface area contributed by atoms with Crippen molar-refractivity contribution in [2.45, 2.75) is 13.0 Å². The van der Waals surface area contributed by atoms with Crippen LogP contribution in [-0.4, -0.2) is 42.1 Å². The van der Waals surface area contributed by atoms with Crippen molar-refractivity contribution >= 4 is 22.4 Å². The number of nitrogens with zero attached hydrogens (tertiary/aromatic N) is 2. The highest BCUT2D eigenvalue weighted by Crippen LogP contribution is 2.32. The Morgan fingerprint density at radius 1 is 1.04 bits per heavy atom. The van der Waals surface area contributed by atoms with Crippen molar-refractivity contribution in [3.05, 3.63) is 71.1 Å². The number of ether oxygens (including phenoxy) is 1. The summed E-state index contributed by atoms with van der Waals surface area (Å²) in [5.74, 6) is -0.0440. The largest absolute Gasteiger partial charge is 0.379 e. The first-order valence-electron chi connectivity index (χ1n) is 9.47. The molecule has 1 N–H and O–H groups in total. The van der Waals surface area contributed by atoms with Gasteiger partial charge in [-0.1, -0.05) is 72.0 Å². The van der Waals surface area contributed by atoms with Crippen LogP contribution in [0.15, 0.2) is 60.7 Å². The predicted octanol–water partition coefficient (Wildman–Crippen LogP) is 3.82. The minimum absolute atomic E-state index is 0.0440. The lowest BCUT2D eigenvalue weighted by Gasteiger charge is -2.26. The number of amides is 1. The zero-order valence-electron chi connectivity index (χ0n) is 15.6. The second-order valence-electron chi connectivity index (χ2n) is 6.76. The van der Waals surface area contributed by atoms with E-state index in [-0.39, 0.29) is 5.91 Å². The van der Waals surface area contributed by atoms with E-state index in [1.807, 2.05) is 48.5 Å². The molecule has 0 spiro atoms. The van der Waals surface area contributed by atoms with Gasteiger partial charge in [0.15, 0.2) is 5.13 Å². The van der Waals surface area contributed by atoms with Crippen LogP contribution in [0.4, 0.5) is 5.13 Å². The Bertz CT molecular complexity index is 906. The monoisotopic (exact) mass is 393 g/mol. The molecule has 2 aromatic carbocycles. The SMILES string of the molecule is O=C(Cc1ccccc1)Nc1nc(-c2ccccc2)c(CN2CCOCC2)s1. The van der Waals surface area contributed by atoms with Crippen molar-refractivity contribution < 1.29 is 9.53 Å². The van der Waals surface area contributed by atoms with E-state index in [1.165, 1.54) is 4.88 Å². The van der Waals surface area contributed by atoms with Crippen molar-refractivity contribution in [2.24, 2.45) is 0 Å². The molecule has 1 aliphatic rings. The molecular formula is C22H23N3O2S. The highest BCUT2D eigenvalue weighted by molar-refractivity contribution is 7.16. The third kappa shape index (κ3) is 4.84. The third-order valence-corrected chi connectivity index (χ3v) is 5.62. The zero-order chi connectivity index (χ0) is 19.2. The minimum atomic E-state index is -0.0440. The van der Waals surface area contributed by atoms with Gasteiger partial charge < -0.3 is 10.1 Å². The van der Waals surface area contributed by atoms with Gasteiger partial charge >= 0.3 is 0 Å². The van der Waals surface area contributed by atoms with Crippen molar-refractivity contribution in [1.82, 2.24) is 9.88 Å². The average molecular weight is 394 g/mol. The molecule has 5 nitrogen and oxygen atoms in total. The summed E-state index contributed by atoms with van der Waals surface area (Å²) in [6, 6.07) is 19.9. The number of carbonyl (C=O) groups is 1. The molecule has 0 bridgehead atoms. The Morgan fingerprint density at radius 2 is 1.71 bits per heavy atom. The van der Waals surface area contributed by atoms with Crippen LogP contribution in [0.5, 0.6) is 0 Å². The summed E-state index contributed by atoms with van der Waals surface area (Å²) < 4.78 is 5.46. The molecule has 1 aromatic heterocycles. The second-order valence-corrected chi connectivity index (χ2v) is 7.84. The van der Waals surface area contributed by atoms with Gasteiger partial charge in [-0.3, -0.25) is 9.69 Å². The van der Waals surface area contributed by atoms with Crippen molar-refractivity contribution in [3.63, 3.8) is 0 Å². The lowest BCUT2D eigenvalue weighted by Crippen LogP contribution is -2.35. The standard InChI is InChI=1S/C22H23N3O2S/c26-20(15-17-7-3-1-4-8-17)23-22-24-21(18-9-5-2-6-10-18)19(28-22)16-25-11-13-27-14-12-25/h1-10H,11-16H2,(H,23,24,26). The molecule has 0 radical (unpaired) electrons. The van der Waals surface area contributed by atoms with E-state index in [0.29, 0.717) is 11.6 Å². The number of hydrogen-bond acceptors (Lipinski definition) is 5. The number of nitrogens with one attached hydrogen (secondary N) is 1. The maximum atomic E-state index is 12.5. The van der Waals surface area contributed by atoms with E-state index in [1.54, 1.807) is 11.3 Å². The van der Waals surface area contributed by atoms with Crippen LogP contribution in [0.2, 0.25) is 0 Å². The lowest BCUT2D eigenvalue weighted by molar-refractivity contribution is -0.115. The normalized spacial score (nSPS) is 14.7. The molecule has 28 heavy (non-hydrogen) atoms. The van der Waals surface area contributed by atoms with Crippen LogP contribution < -0.4 is 5.32 Å². The number of benzene rings is 2. The minimum Gasteiger partial charge on any atom is -0.379 e. The average Bonchev–Trinajstić information content (AvgIpc) is 3.12. The fourth-order valence-corrected chi connectivity index (χ4v) is 4.28. The van der Waals surface area contributed by atoms with Gasteiger partial charge in [0.05, 0.1) is 25.3 Å². The predicted molar refractivity (Wildman–Crippen MR) is 112 cm³/mol. The molecule has 0 unspecified atom stereocenters. The molecule has 144 valence electrons. The number of aromatic nitrogens is 1. The first kappa shape index (κ1) is 18.8. The van der Waals surface area contributed by atoms with E-state index in [0.717, 1.165) is 49.7 Å². The quantitative estimate of drug-likeness (QED) is 0.692. The van der Waals surface area contributed by atoms with Gasteiger partial charge in [0, 0.05) is 30.1 Å². The van der Waals surface area contributed by atoms with E-state index in [2.05, 4.69) is 22.3 Å². The molecule has 1 fully saturated rings. The second kappa shape index (κ2) is 9.10. The van der Waals surface area contributed by atoms with Crippen molar-refractivity contribution in [3.8, 4) is 11.3 Å². The van der Waals surface area contributed by atoms with Crippen LogP contribution in [0.3, 0.4) is 0 Å². The van der Waals surface area contributed by atoms with Gasteiger partial charge in [-0.15, -0.1) is 0 Å². The summed E-state index contributed by atoms with van der Waals surface area (Å²) in [5.41, 5.74) is 3.02. The fraction of sp³-hybridized carbons (Fsp3) is 0.273. The molecule has 2 heterocycles. The fourth-order valence-electron chi connectivity index (χ4n) is 3.24. The Hall–Kier alpha value is -2.54. The number of thiazole rings is 1. The van der Waals surface area contributed by atoms with Crippen LogP contribution in [0.25, 0.3) is 11.3 Å². The first-order chi connectivity index (χ1) is 13.8. The van der Waals surface area contributed by atoms with E-state index in [9.17, 15) is 4.79 Å². The van der Waals surface area contributed by atoms with Gasteiger partial charge in [-0.05, 0) is 5.56 Å². The molecular weight excluding hydrogens is 370 g/mol. The van der Waals surface area contributed by atoms with Crippen LogP contribution in [0, 0.1) is 0 Å². The Labute approximate surface area is 169 Å². The zero-order valence-corrected chi connectivity index (χ0v) is 16.5. The van der Waals surface area contributed by atoms with Gasteiger partial charge in [0.2, 0.25) is 5.91 Å². The molecule has 6 heteroatoms. The molecule has 0 saturated carbocycles. The Balaban J connectivity index is 1.53. The molecule has 1 saturated heterocycles. The Morgan fingerprint density at radius 3 is 2.43 bits per heavy atom. The van der Waals surface area contributed by atoms with Crippen LogP contribution in [0.1, 0.15) is 10.4 Å². The summed E-state index contributed by atoms with van der Waals surface area (Å²) in [5, 5.41) is 3.64. The van der Waals surface area contributed by atoms with Gasteiger partial charge in [-0.25, -0.2) is 4.98 Å². The summed E-state index contributed by atoms with van der Waals surface area (Å²) in [6.45, 7) is 4.18. The lowest BCUT2D eigenvalue weighted by atomic mass is 10.1. The summed E-state index contributed by atoms with van der Waals surface area (Å²) in [6.07, 6.45) is 0.347. The van der Waals surface area contributed by atoms with E-state index in [4.69, 9.17) is 9.72 Å². The molecule has 0 aliphatic carbocycles. The maximum absolute atomic E-state index is 12.5. The molecule has 1 aliphatic heterocycles. The van der Waals surface area contributed by atoms with E-state index >= 15 is 0 Å². The summed E-state index contributed by atoms with van der Waals surface area (Å²) in [4.78, 5) is 20.8. The van der Waals surface area contributed by atoms with Crippen molar-refractivity contribution in [1.29, 1.82) is 0 Å². The smallest absolute Gasteiger partial charge is 0.230 e. The van der Waals surface area contributed by atoms with E-state index < -0.39 is 0 Å². The topological polar surface area (TPSA) is 54.5 Å². The summed E-state index contributed by atoms with van der Waals surface area (Å²) >= 11 is 1.56. The highest BCUT2D eigenvalue weighted by atomic mass is 32.1. The van der Waals surface area contributed by atoms with Crippen molar-refractivity contribution in [2.75, 3.05) is 31.6 Å². The van der Waals surface area contributed by atoms with Gasteiger partial charge in [0.1, 0.15) is 0 Å². The summed E-state index contributed by atoms with van der Waals surface area (Å²) in [7, 11) is 0. The van der Waals surface area contributed by atoms with Gasteiger partial charge in [0.25, 0.3) is 0 Å². The number of rotatable bonds is 6. The number of morpholine rings is 1. The Kier molecular flexibility index (Phi) is 6.11.